The van der Waals surface area contributed by atoms with Crippen molar-refractivity contribution in [3.05, 3.63) is 29.8 Å². The predicted molar refractivity (Wildman–Crippen MR) is 73.1 cm³/mol. The van der Waals surface area contributed by atoms with E-state index in [1.165, 1.54) is 36.1 Å². The molecule has 0 unspecified atom stereocenters. The van der Waals surface area contributed by atoms with Crippen LogP contribution in [0.15, 0.2) is 29.2 Å². The number of benzene rings is 1. The molecule has 1 aromatic rings. The molecule has 2 rings (SSSR count). The second kappa shape index (κ2) is 6.71. The quantitative estimate of drug-likeness (QED) is 0.710. The first-order chi connectivity index (χ1) is 8.38. The Hall–Kier alpha value is -0.940. The van der Waals surface area contributed by atoms with Gasteiger partial charge in [-0.2, -0.15) is 5.26 Å². The van der Waals surface area contributed by atoms with Crippen molar-refractivity contribution in [2.45, 2.75) is 55.1 Å². The third-order valence-electron chi connectivity index (χ3n) is 3.28. The van der Waals surface area contributed by atoms with Gasteiger partial charge in [0.25, 0.3) is 0 Å². The molecule has 0 N–H and O–H groups in total. The molecule has 1 nitrogen and oxygen atoms in total. The Morgan fingerprint density at radius 2 is 1.88 bits per heavy atom. The summed E-state index contributed by atoms with van der Waals surface area (Å²) in [6, 6.07) is 11.1. The zero-order chi connectivity index (χ0) is 11.9. The van der Waals surface area contributed by atoms with Gasteiger partial charge in [-0.25, -0.2) is 0 Å². The molecule has 0 heterocycles. The summed E-state index contributed by atoms with van der Waals surface area (Å²) in [5.41, 5.74) is 1.36. The van der Waals surface area contributed by atoms with Gasteiger partial charge in [-0.1, -0.05) is 25.0 Å². The zero-order valence-corrected chi connectivity index (χ0v) is 11.0. The average molecular weight is 245 g/mol. The zero-order valence-electron chi connectivity index (χ0n) is 10.2. The topological polar surface area (TPSA) is 23.8 Å². The van der Waals surface area contributed by atoms with Crippen molar-refractivity contribution in [2.75, 3.05) is 0 Å². The molecule has 1 fully saturated rings. The first kappa shape index (κ1) is 12.5. The van der Waals surface area contributed by atoms with Crippen LogP contribution in [-0.4, -0.2) is 5.25 Å². The number of aryl methyl sites for hydroxylation is 1. The summed E-state index contributed by atoms with van der Waals surface area (Å²) >= 11 is 2.04. The van der Waals surface area contributed by atoms with Crippen molar-refractivity contribution >= 4 is 11.8 Å². The van der Waals surface area contributed by atoms with Crippen molar-refractivity contribution in [3.8, 4) is 6.07 Å². The Balaban J connectivity index is 1.82. The van der Waals surface area contributed by atoms with E-state index in [0.29, 0.717) is 6.42 Å². The molecule has 0 radical (unpaired) electrons. The van der Waals surface area contributed by atoms with E-state index in [9.17, 15) is 0 Å². The summed E-state index contributed by atoms with van der Waals surface area (Å²) in [6.45, 7) is 0. The number of hydrogen-bond acceptors (Lipinski definition) is 2. The molecule has 0 spiro atoms. The second-order valence-electron chi connectivity index (χ2n) is 4.68. The molecule has 0 aliphatic heterocycles. The van der Waals surface area contributed by atoms with E-state index in [4.69, 9.17) is 5.26 Å². The molecule has 1 aliphatic rings. The second-order valence-corrected chi connectivity index (χ2v) is 6.05. The SMILES string of the molecule is N#CCCCc1ccc(SC2CCCC2)cc1. The Bertz CT molecular complexity index is 371. The number of unbranched alkanes of at least 4 members (excludes halogenated alkanes) is 1. The van der Waals surface area contributed by atoms with Crippen LogP contribution in [-0.2, 0) is 6.42 Å². The lowest BCUT2D eigenvalue weighted by atomic mass is 10.1. The van der Waals surface area contributed by atoms with Crippen LogP contribution in [0.5, 0.6) is 0 Å². The highest BCUT2D eigenvalue weighted by Gasteiger charge is 2.15. The first-order valence-corrected chi connectivity index (χ1v) is 7.39. The van der Waals surface area contributed by atoms with Crippen LogP contribution in [0.2, 0.25) is 0 Å². The molecule has 1 aromatic carbocycles. The van der Waals surface area contributed by atoms with Crippen LogP contribution in [0.3, 0.4) is 0 Å². The molecule has 2 heteroatoms. The van der Waals surface area contributed by atoms with Gasteiger partial charge in [0, 0.05) is 16.6 Å². The van der Waals surface area contributed by atoms with Crippen LogP contribution in [0.1, 0.15) is 44.1 Å². The van der Waals surface area contributed by atoms with Gasteiger partial charge in [-0.3, -0.25) is 0 Å². The summed E-state index contributed by atoms with van der Waals surface area (Å²) in [6.07, 6.45) is 8.25. The van der Waals surface area contributed by atoms with Gasteiger partial charge in [-0.15, -0.1) is 11.8 Å². The van der Waals surface area contributed by atoms with Gasteiger partial charge in [0.05, 0.1) is 6.07 Å². The Morgan fingerprint density at radius 3 is 2.53 bits per heavy atom. The smallest absolute Gasteiger partial charge is 0.0621 e. The number of thioether (sulfide) groups is 1. The van der Waals surface area contributed by atoms with Gasteiger partial charge >= 0.3 is 0 Å². The van der Waals surface area contributed by atoms with Gasteiger partial charge in [0.15, 0.2) is 0 Å². The minimum Gasteiger partial charge on any atom is -0.198 e. The van der Waals surface area contributed by atoms with Gasteiger partial charge < -0.3 is 0 Å². The molecule has 0 atom stereocenters. The van der Waals surface area contributed by atoms with Crippen molar-refractivity contribution in [1.29, 1.82) is 5.26 Å². The maximum absolute atomic E-state index is 8.49. The van der Waals surface area contributed by atoms with E-state index in [-0.39, 0.29) is 0 Å². The molecular formula is C15H19NS. The molecule has 0 aromatic heterocycles. The lowest BCUT2D eigenvalue weighted by Crippen LogP contribution is -1.93. The van der Waals surface area contributed by atoms with E-state index in [1.54, 1.807) is 0 Å². The first-order valence-electron chi connectivity index (χ1n) is 6.51. The third-order valence-corrected chi connectivity index (χ3v) is 4.63. The lowest BCUT2D eigenvalue weighted by molar-refractivity contribution is 0.849. The summed E-state index contributed by atoms with van der Waals surface area (Å²) in [5, 5.41) is 9.34. The summed E-state index contributed by atoms with van der Waals surface area (Å²) in [7, 11) is 0. The summed E-state index contributed by atoms with van der Waals surface area (Å²) in [5.74, 6) is 0. The molecule has 0 bridgehead atoms. The molecule has 1 saturated carbocycles. The van der Waals surface area contributed by atoms with Gasteiger partial charge in [-0.05, 0) is 43.4 Å². The normalized spacial score (nSPS) is 15.9. The fourth-order valence-corrected chi connectivity index (χ4v) is 3.55. The van der Waals surface area contributed by atoms with Crippen LogP contribution >= 0.6 is 11.8 Å². The Kier molecular flexibility index (Phi) is 4.94. The van der Waals surface area contributed by atoms with Crippen LogP contribution in [0, 0.1) is 11.3 Å². The van der Waals surface area contributed by atoms with E-state index < -0.39 is 0 Å². The predicted octanol–water partition coefficient (Wildman–Crippen LogP) is 4.57. The number of rotatable bonds is 5. The van der Waals surface area contributed by atoms with Crippen molar-refractivity contribution in [1.82, 2.24) is 0 Å². The fraction of sp³-hybridized carbons (Fsp3) is 0.533. The van der Waals surface area contributed by atoms with Crippen molar-refractivity contribution in [3.63, 3.8) is 0 Å². The number of nitrogens with zero attached hydrogens (tertiary/aromatic N) is 1. The third kappa shape index (κ3) is 4.09. The number of nitriles is 1. The monoisotopic (exact) mass is 245 g/mol. The molecule has 17 heavy (non-hydrogen) atoms. The molecule has 0 amide bonds. The molecular weight excluding hydrogens is 226 g/mol. The Labute approximate surface area is 108 Å². The van der Waals surface area contributed by atoms with Crippen molar-refractivity contribution in [2.24, 2.45) is 0 Å². The highest BCUT2D eigenvalue weighted by molar-refractivity contribution is 8.00. The Morgan fingerprint density at radius 1 is 1.18 bits per heavy atom. The lowest BCUT2D eigenvalue weighted by Gasteiger charge is -2.09. The van der Waals surface area contributed by atoms with E-state index in [0.717, 1.165) is 18.1 Å². The maximum Gasteiger partial charge on any atom is 0.0621 e. The highest BCUT2D eigenvalue weighted by Crippen LogP contribution is 2.34. The number of hydrogen-bond donors (Lipinski definition) is 0. The van der Waals surface area contributed by atoms with E-state index in [2.05, 4.69) is 30.3 Å². The molecule has 90 valence electrons. The fourth-order valence-electron chi connectivity index (χ4n) is 2.30. The summed E-state index contributed by atoms with van der Waals surface area (Å²) in [4.78, 5) is 1.40. The van der Waals surface area contributed by atoms with Crippen LogP contribution in [0.25, 0.3) is 0 Å². The molecule has 0 saturated heterocycles. The highest BCUT2D eigenvalue weighted by atomic mass is 32.2. The molecule has 1 aliphatic carbocycles. The van der Waals surface area contributed by atoms with Crippen molar-refractivity contribution < 1.29 is 0 Å². The average Bonchev–Trinajstić information content (AvgIpc) is 2.85. The van der Waals surface area contributed by atoms with Gasteiger partial charge in [0.2, 0.25) is 0 Å². The van der Waals surface area contributed by atoms with Crippen LogP contribution in [0.4, 0.5) is 0 Å². The van der Waals surface area contributed by atoms with E-state index in [1.807, 2.05) is 11.8 Å². The largest absolute Gasteiger partial charge is 0.198 e. The van der Waals surface area contributed by atoms with E-state index >= 15 is 0 Å². The minimum atomic E-state index is 0.665. The minimum absolute atomic E-state index is 0.665. The van der Waals surface area contributed by atoms with Gasteiger partial charge in [0.1, 0.15) is 0 Å². The summed E-state index contributed by atoms with van der Waals surface area (Å²) < 4.78 is 0. The standard InChI is InChI=1S/C15H19NS/c16-12-4-3-5-13-8-10-15(11-9-13)17-14-6-1-2-7-14/h8-11,14H,1-7H2. The maximum atomic E-state index is 8.49. The van der Waals surface area contributed by atoms with Crippen LogP contribution < -0.4 is 0 Å².